The van der Waals surface area contributed by atoms with E-state index < -0.39 is 0 Å². The highest BCUT2D eigenvalue weighted by atomic mass is 16.5. The van der Waals surface area contributed by atoms with Crippen molar-refractivity contribution in [1.82, 2.24) is 0 Å². The topological polar surface area (TPSA) is 26.3 Å². The first-order valence-corrected chi connectivity index (χ1v) is 3.23. The summed E-state index contributed by atoms with van der Waals surface area (Å²) in [6, 6.07) is 0. The molecular weight excluding hydrogens is 128 g/mol. The van der Waals surface area contributed by atoms with Crippen molar-refractivity contribution in [3.63, 3.8) is 0 Å². The van der Waals surface area contributed by atoms with Gasteiger partial charge >= 0.3 is 5.97 Å². The first-order chi connectivity index (χ1) is 4.68. The van der Waals surface area contributed by atoms with Crippen molar-refractivity contribution >= 4 is 5.97 Å². The predicted octanol–water partition coefficient (Wildman–Crippen LogP) is 1.78. The summed E-state index contributed by atoms with van der Waals surface area (Å²) in [5.74, 6) is 0.513. The van der Waals surface area contributed by atoms with E-state index in [9.17, 15) is 4.79 Å². The summed E-state index contributed by atoms with van der Waals surface area (Å²) in [5, 5.41) is 0. The van der Waals surface area contributed by atoms with Crippen molar-refractivity contribution in [2.75, 3.05) is 0 Å². The van der Waals surface area contributed by atoms with Gasteiger partial charge in [0.1, 0.15) is 5.76 Å². The zero-order valence-electron chi connectivity index (χ0n) is 6.18. The lowest BCUT2D eigenvalue weighted by Crippen LogP contribution is -1.96. The van der Waals surface area contributed by atoms with Crippen LogP contribution in [0.1, 0.15) is 20.3 Å². The molecule has 0 fully saturated rings. The Labute approximate surface area is 60.2 Å². The van der Waals surface area contributed by atoms with Gasteiger partial charge in [-0.3, -0.25) is 4.79 Å². The zero-order valence-corrected chi connectivity index (χ0v) is 6.18. The van der Waals surface area contributed by atoms with E-state index in [-0.39, 0.29) is 5.97 Å². The minimum absolute atomic E-state index is 0.241. The minimum Gasteiger partial charge on any atom is -0.431 e. The van der Waals surface area contributed by atoms with Gasteiger partial charge in [0.25, 0.3) is 0 Å². The SMILES string of the molecule is CC(=O)OC1=CC=C(C)C1. The second-order valence-corrected chi connectivity index (χ2v) is 2.42. The minimum atomic E-state index is -0.241. The van der Waals surface area contributed by atoms with E-state index in [0.717, 1.165) is 12.2 Å². The molecule has 0 N–H and O–H groups in total. The predicted molar refractivity (Wildman–Crippen MR) is 38.2 cm³/mol. The van der Waals surface area contributed by atoms with E-state index in [1.807, 2.05) is 19.1 Å². The fraction of sp³-hybridized carbons (Fsp3) is 0.375. The first-order valence-electron chi connectivity index (χ1n) is 3.23. The highest BCUT2D eigenvalue weighted by Gasteiger charge is 2.06. The molecule has 0 saturated heterocycles. The van der Waals surface area contributed by atoms with Gasteiger partial charge in [0.2, 0.25) is 0 Å². The Morgan fingerprint density at radius 1 is 1.60 bits per heavy atom. The Kier molecular flexibility index (Phi) is 1.90. The number of carbonyl (C=O) groups excluding carboxylic acids is 1. The zero-order chi connectivity index (χ0) is 7.56. The fourth-order valence-electron chi connectivity index (χ4n) is 0.883. The maximum absolute atomic E-state index is 10.4. The van der Waals surface area contributed by atoms with E-state index in [1.54, 1.807) is 0 Å². The summed E-state index contributed by atoms with van der Waals surface area (Å²) in [6.45, 7) is 3.42. The highest BCUT2D eigenvalue weighted by Crippen LogP contribution is 2.18. The van der Waals surface area contributed by atoms with Crippen LogP contribution in [0, 0.1) is 0 Å². The lowest BCUT2D eigenvalue weighted by molar-refractivity contribution is -0.136. The van der Waals surface area contributed by atoms with Crippen LogP contribution in [0.2, 0.25) is 0 Å². The second-order valence-electron chi connectivity index (χ2n) is 2.42. The van der Waals surface area contributed by atoms with Gasteiger partial charge in [0.15, 0.2) is 0 Å². The van der Waals surface area contributed by atoms with Crippen LogP contribution < -0.4 is 0 Å². The Bertz CT molecular complexity index is 211. The monoisotopic (exact) mass is 138 g/mol. The van der Waals surface area contributed by atoms with Crippen LogP contribution in [0.25, 0.3) is 0 Å². The number of hydrogen-bond donors (Lipinski definition) is 0. The smallest absolute Gasteiger partial charge is 0.307 e. The number of rotatable bonds is 1. The molecule has 1 rings (SSSR count). The molecule has 1 aliphatic rings. The van der Waals surface area contributed by atoms with Gasteiger partial charge < -0.3 is 4.74 Å². The van der Waals surface area contributed by atoms with Crippen LogP contribution in [0.5, 0.6) is 0 Å². The number of hydrogen-bond acceptors (Lipinski definition) is 2. The lowest BCUT2D eigenvalue weighted by atomic mass is 10.3. The molecule has 0 aromatic heterocycles. The standard InChI is InChI=1S/C8H10O2/c1-6-3-4-8(5-6)10-7(2)9/h3-4H,5H2,1-2H3. The summed E-state index contributed by atoms with van der Waals surface area (Å²) in [6.07, 6.45) is 4.56. The van der Waals surface area contributed by atoms with Crippen molar-refractivity contribution in [1.29, 1.82) is 0 Å². The molecule has 0 bridgehead atoms. The van der Waals surface area contributed by atoms with Crippen LogP contribution >= 0.6 is 0 Å². The van der Waals surface area contributed by atoms with Gasteiger partial charge in [0.05, 0.1) is 0 Å². The average Bonchev–Trinajstić information content (AvgIpc) is 2.13. The normalized spacial score (nSPS) is 16.2. The molecule has 0 aromatic rings. The van der Waals surface area contributed by atoms with Gasteiger partial charge in [-0.15, -0.1) is 0 Å². The molecule has 0 amide bonds. The van der Waals surface area contributed by atoms with Crippen molar-refractivity contribution in [2.45, 2.75) is 20.3 Å². The molecule has 0 spiro atoms. The Morgan fingerprint density at radius 3 is 2.70 bits per heavy atom. The lowest BCUT2D eigenvalue weighted by Gasteiger charge is -2.00. The molecule has 0 unspecified atom stereocenters. The summed E-state index contributed by atoms with van der Waals surface area (Å²) in [7, 11) is 0. The molecule has 54 valence electrons. The maximum Gasteiger partial charge on any atom is 0.307 e. The Balaban J connectivity index is 2.43. The largest absolute Gasteiger partial charge is 0.431 e. The summed E-state index contributed by atoms with van der Waals surface area (Å²) in [5.41, 5.74) is 1.23. The van der Waals surface area contributed by atoms with Crippen LogP contribution in [0.4, 0.5) is 0 Å². The molecule has 0 radical (unpaired) electrons. The molecular formula is C8H10O2. The van der Waals surface area contributed by atoms with E-state index in [4.69, 9.17) is 4.74 Å². The molecule has 2 heteroatoms. The van der Waals surface area contributed by atoms with Gasteiger partial charge in [-0.1, -0.05) is 11.6 Å². The van der Waals surface area contributed by atoms with Gasteiger partial charge in [-0.25, -0.2) is 0 Å². The van der Waals surface area contributed by atoms with Gasteiger partial charge in [-0.05, 0) is 13.0 Å². The molecule has 0 aliphatic heterocycles. The highest BCUT2D eigenvalue weighted by molar-refractivity contribution is 5.67. The van der Waals surface area contributed by atoms with Gasteiger partial charge in [0, 0.05) is 13.3 Å². The molecule has 1 aliphatic carbocycles. The third-order valence-corrected chi connectivity index (χ3v) is 1.28. The maximum atomic E-state index is 10.4. The molecule has 0 heterocycles. The average molecular weight is 138 g/mol. The Hall–Kier alpha value is -1.05. The van der Waals surface area contributed by atoms with E-state index in [1.165, 1.54) is 12.5 Å². The third-order valence-electron chi connectivity index (χ3n) is 1.28. The second kappa shape index (κ2) is 2.69. The van der Waals surface area contributed by atoms with Crippen molar-refractivity contribution in [3.8, 4) is 0 Å². The number of allylic oxidation sites excluding steroid dienone is 3. The first kappa shape index (κ1) is 7.06. The van der Waals surface area contributed by atoms with Crippen LogP contribution in [0.3, 0.4) is 0 Å². The fourth-order valence-corrected chi connectivity index (χ4v) is 0.883. The molecule has 0 aromatic carbocycles. The van der Waals surface area contributed by atoms with Crippen molar-refractivity contribution in [3.05, 3.63) is 23.5 Å². The quantitative estimate of drug-likeness (QED) is 0.516. The number of esters is 1. The van der Waals surface area contributed by atoms with Crippen LogP contribution in [-0.2, 0) is 9.53 Å². The van der Waals surface area contributed by atoms with Crippen molar-refractivity contribution in [2.24, 2.45) is 0 Å². The molecule has 0 saturated carbocycles. The summed E-state index contributed by atoms with van der Waals surface area (Å²) in [4.78, 5) is 10.4. The van der Waals surface area contributed by atoms with Crippen molar-refractivity contribution < 1.29 is 9.53 Å². The third kappa shape index (κ3) is 1.72. The number of carbonyl (C=O) groups is 1. The number of ether oxygens (including phenoxy) is 1. The van der Waals surface area contributed by atoms with E-state index in [0.29, 0.717) is 0 Å². The molecule has 2 nitrogen and oxygen atoms in total. The van der Waals surface area contributed by atoms with Gasteiger partial charge in [-0.2, -0.15) is 0 Å². The van der Waals surface area contributed by atoms with E-state index >= 15 is 0 Å². The van der Waals surface area contributed by atoms with Crippen LogP contribution in [0.15, 0.2) is 23.5 Å². The molecule has 10 heavy (non-hydrogen) atoms. The van der Waals surface area contributed by atoms with Crippen LogP contribution in [-0.4, -0.2) is 5.97 Å². The molecule has 0 atom stereocenters. The summed E-state index contributed by atoms with van der Waals surface area (Å²) < 4.78 is 4.85. The Morgan fingerprint density at radius 2 is 2.30 bits per heavy atom. The summed E-state index contributed by atoms with van der Waals surface area (Å²) >= 11 is 0. The van der Waals surface area contributed by atoms with E-state index in [2.05, 4.69) is 0 Å².